The van der Waals surface area contributed by atoms with Gasteiger partial charge in [0.05, 0.1) is 0 Å². The summed E-state index contributed by atoms with van der Waals surface area (Å²) in [5, 5.41) is 0. The fraction of sp³-hybridized carbons (Fsp3) is 1.00. The van der Waals surface area contributed by atoms with Crippen molar-refractivity contribution < 1.29 is 0 Å². The maximum Gasteiger partial charge on any atom is 0.0274 e. The molecule has 2 heteroatoms. The van der Waals surface area contributed by atoms with E-state index < -0.39 is 0 Å². The Morgan fingerprint density at radius 1 is 1.00 bits per heavy atom. The first-order valence-corrected chi connectivity index (χ1v) is 5.20. The lowest BCUT2D eigenvalue weighted by Gasteiger charge is -1.75. The molecular formula is C3H10Si2. The molecule has 0 saturated carbocycles. The van der Waals surface area contributed by atoms with Gasteiger partial charge < -0.3 is 0 Å². The third-order valence-corrected chi connectivity index (χ3v) is 0. The first-order chi connectivity index (χ1) is 1.73. The van der Waals surface area contributed by atoms with E-state index in [1.165, 1.54) is 0 Å². The van der Waals surface area contributed by atoms with E-state index in [9.17, 15) is 0 Å². The molecule has 0 aromatic heterocycles. The summed E-state index contributed by atoms with van der Waals surface area (Å²) < 4.78 is 0. The van der Waals surface area contributed by atoms with Crippen LogP contribution in [0.3, 0.4) is 0 Å². The van der Waals surface area contributed by atoms with Crippen LogP contribution >= 0.6 is 0 Å². The summed E-state index contributed by atoms with van der Waals surface area (Å²) in [6, 6.07) is 0. The lowest BCUT2D eigenvalue weighted by molar-refractivity contribution is 1.91. The predicted octanol–water partition coefficient (Wildman–Crippen LogP) is 0.722. The second-order valence-corrected chi connectivity index (χ2v) is 5.20. The molecular weight excluding hydrogens is 92.2 g/mol. The highest BCUT2D eigenvalue weighted by molar-refractivity contribution is 6.54. The quantitative estimate of drug-likeness (QED) is 0.395. The molecule has 5 heavy (non-hydrogen) atoms. The van der Waals surface area contributed by atoms with Crippen molar-refractivity contribution in [1.29, 1.82) is 0 Å². The number of hydrogen-bond donors (Lipinski definition) is 0. The van der Waals surface area contributed by atoms with Crippen LogP contribution in [-0.2, 0) is 0 Å². The van der Waals surface area contributed by atoms with Crippen LogP contribution in [0.4, 0.5) is 0 Å². The fourth-order valence-electron chi connectivity index (χ4n) is 0. The van der Waals surface area contributed by atoms with Crippen molar-refractivity contribution in [2.24, 2.45) is 0 Å². The lowest BCUT2D eigenvalue weighted by atomic mass is 11.8. The van der Waals surface area contributed by atoms with E-state index in [1.807, 2.05) is 0 Å². The van der Waals surface area contributed by atoms with Crippen LogP contribution in [0.15, 0.2) is 0 Å². The average molecular weight is 102 g/mol. The van der Waals surface area contributed by atoms with Gasteiger partial charge in [-0.3, -0.25) is 0 Å². The Kier molecular flexibility index (Phi) is 8.03. The molecule has 0 aromatic rings. The van der Waals surface area contributed by atoms with Crippen LogP contribution < -0.4 is 0 Å². The molecule has 0 heterocycles. The highest BCUT2D eigenvalue weighted by atomic mass is 28.3. The molecule has 0 nitrogen and oxygen atoms in total. The number of hydrogen-bond acceptors (Lipinski definition) is 0. The molecule has 0 N–H and O–H groups in total. The van der Waals surface area contributed by atoms with Crippen molar-refractivity contribution in [2.75, 3.05) is 0 Å². The third-order valence-electron chi connectivity index (χ3n) is 0. The molecule has 0 spiro atoms. The highest BCUT2D eigenvalue weighted by Gasteiger charge is 1.71. The molecule has 0 bridgehead atoms. The van der Waals surface area contributed by atoms with E-state index in [4.69, 9.17) is 0 Å². The first-order valence-electron chi connectivity index (χ1n) is 1.73. The summed E-state index contributed by atoms with van der Waals surface area (Å²) >= 11 is 0. The Balaban J connectivity index is 0. The third kappa shape index (κ3) is 140. The molecule has 0 unspecified atom stereocenters. The zero-order valence-corrected chi connectivity index (χ0v) is 6.23. The van der Waals surface area contributed by atoms with Gasteiger partial charge in [0.15, 0.2) is 0 Å². The largest absolute Gasteiger partial charge is 0.0724 e. The minimum Gasteiger partial charge on any atom is -0.0724 e. The minimum absolute atomic E-state index is 0. The topological polar surface area (TPSA) is 0 Å². The molecule has 0 saturated heterocycles. The van der Waals surface area contributed by atoms with Crippen molar-refractivity contribution in [3.05, 3.63) is 0 Å². The summed E-state index contributed by atoms with van der Waals surface area (Å²) in [5.41, 5.74) is 0. The summed E-state index contributed by atoms with van der Waals surface area (Å²) in [5.74, 6) is 0. The van der Waals surface area contributed by atoms with Gasteiger partial charge in [-0.1, -0.05) is 19.6 Å². The second-order valence-electron chi connectivity index (χ2n) is 1.73. The summed E-state index contributed by atoms with van der Waals surface area (Å²) in [4.78, 5) is 0. The standard InChI is InChI=1S/C3H10Si.Si/c1-4(2)3;/h4H,1-3H3;. The first kappa shape index (κ1) is 9.06. The monoisotopic (exact) mass is 102 g/mol. The van der Waals surface area contributed by atoms with Gasteiger partial charge in [-0.05, 0) is 0 Å². The molecule has 30 valence electrons. The van der Waals surface area contributed by atoms with E-state index in [0.717, 1.165) is 0 Å². The van der Waals surface area contributed by atoms with Crippen LogP contribution in [0.5, 0.6) is 0 Å². The molecule has 0 aliphatic rings. The van der Waals surface area contributed by atoms with Crippen molar-refractivity contribution >= 4 is 19.8 Å². The van der Waals surface area contributed by atoms with E-state index in [2.05, 4.69) is 19.6 Å². The normalized spacial score (nSPS) is 7.20. The summed E-state index contributed by atoms with van der Waals surface area (Å²) in [6.07, 6.45) is 0. The van der Waals surface area contributed by atoms with E-state index in [0.29, 0.717) is 0 Å². The summed E-state index contributed by atoms with van der Waals surface area (Å²) in [7, 11) is -0.139. The molecule has 0 atom stereocenters. The molecule has 0 aliphatic heterocycles. The van der Waals surface area contributed by atoms with Crippen molar-refractivity contribution in [3.63, 3.8) is 0 Å². The van der Waals surface area contributed by atoms with Crippen LogP contribution in [0.1, 0.15) is 0 Å². The van der Waals surface area contributed by atoms with Gasteiger partial charge in [0, 0.05) is 19.8 Å². The van der Waals surface area contributed by atoms with E-state index >= 15 is 0 Å². The van der Waals surface area contributed by atoms with Crippen LogP contribution in [-0.4, -0.2) is 19.8 Å². The van der Waals surface area contributed by atoms with E-state index in [-0.39, 0.29) is 19.8 Å². The van der Waals surface area contributed by atoms with Crippen LogP contribution in [0.25, 0.3) is 0 Å². The minimum atomic E-state index is -0.139. The van der Waals surface area contributed by atoms with Gasteiger partial charge in [0.1, 0.15) is 0 Å². The maximum absolute atomic E-state index is 2.31. The van der Waals surface area contributed by atoms with Crippen molar-refractivity contribution in [2.45, 2.75) is 19.6 Å². The predicted molar refractivity (Wildman–Crippen MR) is 30.5 cm³/mol. The van der Waals surface area contributed by atoms with Crippen molar-refractivity contribution in [1.82, 2.24) is 0 Å². The van der Waals surface area contributed by atoms with Gasteiger partial charge in [-0.25, -0.2) is 0 Å². The fourth-order valence-corrected chi connectivity index (χ4v) is 0. The summed E-state index contributed by atoms with van der Waals surface area (Å²) in [6.45, 7) is 6.92. The molecule has 0 rings (SSSR count). The van der Waals surface area contributed by atoms with Gasteiger partial charge >= 0.3 is 0 Å². The van der Waals surface area contributed by atoms with E-state index in [1.54, 1.807) is 0 Å². The Bertz CT molecular complexity index is 9.61. The van der Waals surface area contributed by atoms with Crippen molar-refractivity contribution in [3.8, 4) is 0 Å². The molecule has 0 amide bonds. The molecule has 0 aliphatic carbocycles. The Hall–Kier alpha value is 0.434. The molecule has 0 aromatic carbocycles. The Morgan fingerprint density at radius 2 is 1.00 bits per heavy atom. The Morgan fingerprint density at radius 3 is 1.00 bits per heavy atom. The average Bonchev–Trinajstić information content (AvgIpc) is 0.811. The maximum atomic E-state index is 2.31. The Labute approximate surface area is 40.2 Å². The molecule has 4 radical (unpaired) electrons. The number of rotatable bonds is 0. The van der Waals surface area contributed by atoms with Gasteiger partial charge in [-0.15, -0.1) is 0 Å². The smallest absolute Gasteiger partial charge is 0.0274 e. The SMILES string of the molecule is C[SiH](C)C.[Si]. The second kappa shape index (κ2) is 4.43. The molecule has 0 fully saturated rings. The zero-order chi connectivity index (χ0) is 3.58. The van der Waals surface area contributed by atoms with Crippen LogP contribution in [0.2, 0.25) is 19.6 Å². The van der Waals surface area contributed by atoms with Crippen LogP contribution in [0, 0.1) is 0 Å². The lowest BCUT2D eigenvalue weighted by Crippen LogP contribution is -1.84. The van der Waals surface area contributed by atoms with Gasteiger partial charge in [0.25, 0.3) is 0 Å². The van der Waals surface area contributed by atoms with Gasteiger partial charge in [0.2, 0.25) is 0 Å². The highest BCUT2D eigenvalue weighted by Crippen LogP contribution is 1.68. The zero-order valence-electron chi connectivity index (χ0n) is 4.08. The van der Waals surface area contributed by atoms with Gasteiger partial charge in [-0.2, -0.15) is 0 Å².